The molecule has 0 aliphatic carbocycles. The average molecular weight is 413 g/mol. The van der Waals surface area contributed by atoms with E-state index in [1.807, 2.05) is 0 Å². The number of anilines is 1. The number of rotatable bonds is 3. The number of pyridine rings is 1. The summed E-state index contributed by atoms with van der Waals surface area (Å²) in [6.07, 6.45) is 1.99. The number of nitrogens with zero attached hydrogens (tertiary/aromatic N) is 2. The summed E-state index contributed by atoms with van der Waals surface area (Å²) in [4.78, 5) is 19.9. The van der Waals surface area contributed by atoms with Gasteiger partial charge in [0.05, 0.1) is 15.9 Å². The number of carbonyl (C=O) groups excluding carboxylic acids is 1. The molecule has 1 atom stereocenters. The van der Waals surface area contributed by atoms with Crippen molar-refractivity contribution in [1.82, 2.24) is 4.98 Å². The Morgan fingerprint density at radius 2 is 2.15 bits per heavy atom. The number of hydrogen-bond donors (Lipinski definition) is 2. The quantitative estimate of drug-likeness (QED) is 0.780. The molecule has 1 aliphatic rings. The number of halogens is 3. The molecule has 1 aromatic heterocycles. The first-order valence-corrected chi connectivity index (χ1v) is 9.43. The van der Waals surface area contributed by atoms with Crippen LogP contribution in [0.2, 0.25) is 10.0 Å². The van der Waals surface area contributed by atoms with Crippen LogP contribution in [0.15, 0.2) is 35.5 Å². The summed E-state index contributed by atoms with van der Waals surface area (Å²) in [5, 5.41) is 3.13. The first-order valence-electron chi connectivity index (χ1n) is 7.69. The Bertz CT molecular complexity index is 908. The van der Waals surface area contributed by atoms with E-state index in [0.717, 1.165) is 5.75 Å². The fourth-order valence-corrected chi connectivity index (χ4v) is 4.25. The number of thioether (sulfide) groups is 1. The number of amidine groups is 1. The van der Waals surface area contributed by atoms with Gasteiger partial charge in [-0.2, -0.15) is 0 Å². The predicted molar refractivity (Wildman–Crippen MR) is 105 cm³/mol. The van der Waals surface area contributed by atoms with Crippen LogP contribution in [0.25, 0.3) is 0 Å². The molecule has 0 fully saturated rings. The molecule has 1 aliphatic heterocycles. The van der Waals surface area contributed by atoms with Crippen LogP contribution in [-0.4, -0.2) is 22.5 Å². The van der Waals surface area contributed by atoms with Crippen LogP contribution in [0.5, 0.6) is 0 Å². The molecule has 136 valence electrons. The van der Waals surface area contributed by atoms with Crippen molar-refractivity contribution in [3.63, 3.8) is 0 Å². The summed E-state index contributed by atoms with van der Waals surface area (Å²) in [5.41, 5.74) is 6.61. The van der Waals surface area contributed by atoms with Crippen LogP contribution in [0.3, 0.4) is 0 Å². The van der Waals surface area contributed by atoms with Gasteiger partial charge in [0.15, 0.2) is 0 Å². The van der Waals surface area contributed by atoms with Gasteiger partial charge in [0.25, 0.3) is 5.91 Å². The van der Waals surface area contributed by atoms with Gasteiger partial charge in [-0.15, -0.1) is 11.8 Å². The third-order valence-corrected chi connectivity index (χ3v) is 5.62. The van der Waals surface area contributed by atoms with Crippen molar-refractivity contribution in [2.45, 2.75) is 18.2 Å². The lowest BCUT2D eigenvalue weighted by atomic mass is 10.1. The molecule has 1 amide bonds. The van der Waals surface area contributed by atoms with Crippen LogP contribution in [-0.2, 0) is 4.87 Å². The van der Waals surface area contributed by atoms with Gasteiger partial charge < -0.3 is 11.1 Å². The molecule has 1 aromatic carbocycles. The van der Waals surface area contributed by atoms with E-state index >= 15 is 0 Å². The largest absolute Gasteiger partial charge is 0.387 e. The summed E-state index contributed by atoms with van der Waals surface area (Å²) >= 11 is 13.3. The van der Waals surface area contributed by atoms with E-state index in [4.69, 9.17) is 28.9 Å². The molecule has 0 bridgehead atoms. The molecule has 5 nitrogen and oxygen atoms in total. The average Bonchev–Trinajstić information content (AvgIpc) is 2.56. The minimum atomic E-state index is -0.844. The predicted octanol–water partition coefficient (Wildman–Crippen LogP) is 4.45. The molecule has 26 heavy (non-hydrogen) atoms. The van der Waals surface area contributed by atoms with Crippen molar-refractivity contribution in [2.24, 2.45) is 10.7 Å². The molecule has 0 saturated carbocycles. The Hall–Kier alpha value is -1.83. The van der Waals surface area contributed by atoms with Crippen LogP contribution in [0.1, 0.15) is 29.4 Å². The second-order valence-electron chi connectivity index (χ2n) is 5.82. The highest BCUT2D eigenvalue weighted by Crippen LogP contribution is 2.42. The summed E-state index contributed by atoms with van der Waals surface area (Å²) in [7, 11) is 0. The molecule has 0 saturated heterocycles. The Morgan fingerprint density at radius 3 is 2.85 bits per heavy atom. The number of amides is 1. The SMILES string of the molecule is CC1(c2cc(NC(=O)c3ncc(Cl)cc3Cl)ccc2F)N=C(N)CCS1. The van der Waals surface area contributed by atoms with E-state index in [1.54, 1.807) is 13.0 Å². The number of nitrogens with two attached hydrogens (primary N) is 1. The lowest BCUT2D eigenvalue weighted by Crippen LogP contribution is -2.28. The van der Waals surface area contributed by atoms with E-state index in [9.17, 15) is 9.18 Å². The van der Waals surface area contributed by atoms with Crippen molar-refractivity contribution in [3.8, 4) is 0 Å². The van der Waals surface area contributed by atoms with E-state index in [2.05, 4.69) is 15.3 Å². The maximum Gasteiger partial charge on any atom is 0.275 e. The Labute approximate surface area is 164 Å². The van der Waals surface area contributed by atoms with E-state index in [-0.39, 0.29) is 10.7 Å². The topological polar surface area (TPSA) is 80.4 Å². The number of benzene rings is 1. The van der Waals surface area contributed by atoms with Crippen LogP contribution < -0.4 is 11.1 Å². The molecular weight excluding hydrogens is 398 g/mol. The van der Waals surface area contributed by atoms with Crippen molar-refractivity contribution in [2.75, 3.05) is 11.1 Å². The molecule has 0 radical (unpaired) electrons. The maximum atomic E-state index is 14.4. The Kier molecular flexibility index (Phi) is 5.41. The first-order chi connectivity index (χ1) is 12.3. The van der Waals surface area contributed by atoms with Crippen molar-refractivity contribution in [3.05, 3.63) is 57.6 Å². The van der Waals surface area contributed by atoms with Crippen LogP contribution >= 0.6 is 35.0 Å². The first kappa shape index (κ1) is 18.9. The molecule has 2 aromatic rings. The van der Waals surface area contributed by atoms with E-state index in [0.29, 0.717) is 28.5 Å². The van der Waals surface area contributed by atoms with Crippen LogP contribution in [0, 0.1) is 5.82 Å². The lowest BCUT2D eigenvalue weighted by molar-refractivity contribution is 0.102. The van der Waals surface area contributed by atoms with Gasteiger partial charge in [0.2, 0.25) is 0 Å². The summed E-state index contributed by atoms with van der Waals surface area (Å²) in [5.74, 6) is 0.289. The fraction of sp³-hybridized carbons (Fsp3) is 0.235. The Morgan fingerprint density at radius 1 is 1.38 bits per heavy atom. The van der Waals surface area contributed by atoms with Crippen molar-refractivity contribution < 1.29 is 9.18 Å². The van der Waals surface area contributed by atoms with Gasteiger partial charge in [-0.05, 0) is 31.2 Å². The number of hydrogen-bond acceptors (Lipinski definition) is 5. The molecule has 0 spiro atoms. The van der Waals surface area contributed by atoms with Crippen molar-refractivity contribution >= 4 is 52.4 Å². The molecule has 1 unspecified atom stereocenters. The second kappa shape index (κ2) is 7.42. The summed E-state index contributed by atoms with van der Waals surface area (Å²) < 4.78 is 14.4. The zero-order chi connectivity index (χ0) is 18.9. The zero-order valence-corrected chi connectivity index (χ0v) is 16.1. The smallest absolute Gasteiger partial charge is 0.275 e. The highest BCUT2D eigenvalue weighted by molar-refractivity contribution is 8.00. The van der Waals surface area contributed by atoms with Gasteiger partial charge in [0, 0.05) is 29.6 Å². The summed E-state index contributed by atoms with van der Waals surface area (Å²) in [6.45, 7) is 1.80. The fourth-order valence-electron chi connectivity index (χ4n) is 2.58. The third kappa shape index (κ3) is 3.95. The van der Waals surface area contributed by atoms with E-state index < -0.39 is 16.6 Å². The normalized spacial score (nSPS) is 19.8. The molecule has 2 heterocycles. The maximum absolute atomic E-state index is 14.4. The minimum Gasteiger partial charge on any atom is -0.387 e. The highest BCUT2D eigenvalue weighted by Gasteiger charge is 2.32. The summed E-state index contributed by atoms with van der Waals surface area (Å²) in [6, 6.07) is 5.73. The second-order valence-corrected chi connectivity index (χ2v) is 8.15. The van der Waals surface area contributed by atoms with Gasteiger partial charge in [-0.1, -0.05) is 23.2 Å². The lowest BCUT2D eigenvalue weighted by Gasteiger charge is -2.30. The Balaban J connectivity index is 1.90. The number of aliphatic imine (C=N–C) groups is 1. The number of carbonyl (C=O) groups is 1. The van der Waals surface area contributed by atoms with Gasteiger partial charge in [-0.25, -0.2) is 9.37 Å². The molecular formula is C17H15Cl2FN4OS. The number of aromatic nitrogens is 1. The molecule has 9 heteroatoms. The monoisotopic (exact) mass is 412 g/mol. The molecule has 3 N–H and O–H groups in total. The van der Waals surface area contributed by atoms with E-state index in [1.165, 1.54) is 36.2 Å². The third-order valence-electron chi connectivity index (χ3n) is 3.85. The van der Waals surface area contributed by atoms with Crippen LogP contribution in [0.4, 0.5) is 10.1 Å². The minimum absolute atomic E-state index is 0.0301. The van der Waals surface area contributed by atoms with Crippen molar-refractivity contribution in [1.29, 1.82) is 0 Å². The standard InChI is InChI=1S/C17H15Cl2FN4OS/c1-17(24-14(21)4-5-26-17)11-7-10(2-3-13(11)20)23-16(25)15-12(19)6-9(18)8-22-15/h2-3,6-8H,4-5H2,1H3,(H2,21,24)(H,23,25). The molecule has 3 rings (SSSR count). The zero-order valence-electron chi connectivity index (χ0n) is 13.7. The highest BCUT2D eigenvalue weighted by atomic mass is 35.5. The van der Waals surface area contributed by atoms with Gasteiger partial charge in [-0.3, -0.25) is 9.79 Å². The van der Waals surface area contributed by atoms with Gasteiger partial charge >= 0.3 is 0 Å². The number of nitrogens with one attached hydrogen (secondary N) is 1. The van der Waals surface area contributed by atoms with Gasteiger partial charge in [0.1, 0.15) is 16.4 Å².